The van der Waals surface area contributed by atoms with Gasteiger partial charge < -0.3 is 19.7 Å². The number of carbonyl (C=O) groups excluding carboxylic acids is 1. The van der Waals surface area contributed by atoms with E-state index >= 15 is 0 Å². The summed E-state index contributed by atoms with van der Waals surface area (Å²) in [4.78, 5) is 40.0. The van der Waals surface area contributed by atoms with Crippen LogP contribution in [0.2, 0.25) is 0 Å². The van der Waals surface area contributed by atoms with Gasteiger partial charge in [0.25, 0.3) is 11.6 Å². The van der Waals surface area contributed by atoms with E-state index in [0.29, 0.717) is 43.4 Å². The molecule has 11 nitrogen and oxygen atoms in total. The van der Waals surface area contributed by atoms with Crippen LogP contribution < -0.4 is 5.32 Å². The Morgan fingerprint density at radius 1 is 1.15 bits per heavy atom. The monoisotopic (exact) mass is 454 g/mol. The fourth-order valence-corrected chi connectivity index (χ4v) is 3.58. The number of nitrogens with zero attached hydrogens (tertiary/aromatic N) is 7. The van der Waals surface area contributed by atoms with E-state index in [0.717, 1.165) is 6.20 Å². The number of carbonyl (C=O) groups is 1. The molecule has 12 heteroatoms. The fraction of sp³-hybridized carbons (Fsp3) is 0.333. The Morgan fingerprint density at radius 2 is 1.88 bits per heavy atom. The van der Waals surface area contributed by atoms with Crippen LogP contribution in [0, 0.1) is 22.9 Å². The Balaban J connectivity index is 1.61. The van der Waals surface area contributed by atoms with Crippen molar-refractivity contribution in [2.75, 3.05) is 38.5 Å². The summed E-state index contributed by atoms with van der Waals surface area (Å²) in [6.07, 6.45) is 2.53. The van der Waals surface area contributed by atoms with Crippen molar-refractivity contribution in [2.45, 2.75) is 6.92 Å². The SMILES string of the molecule is Cc1ncc(-c2nc(Nc3ccc(C(=O)N4CCN(C)CC4)c([N+](=O)[O-])c3)ncc2F)n1C. The third kappa shape index (κ3) is 4.51. The molecule has 33 heavy (non-hydrogen) atoms. The molecule has 0 bridgehead atoms. The van der Waals surface area contributed by atoms with Crippen LogP contribution in [-0.4, -0.2) is 73.4 Å². The first-order valence-corrected chi connectivity index (χ1v) is 10.3. The molecule has 1 aromatic carbocycles. The fourth-order valence-electron chi connectivity index (χ4n) is 3.58. The molecule has 172 valence electrons. The molecule has 0 unspecified atom stereocenters. The first-order valence-electron chi connectivity index (χ1n) is 10.3. The van der Waals surface area contributed by atoms with Gasteiger partial charge in [0.15, 0.2) is 5.82 Å². The van der Waals surface area contributed by atoms with Gasteiger partial charge in [-0.1, -0.05) is 0 Å². The van der Waals surface area contributed by atoms with Gasteiger partial charge in [0, 0.05) is 45.0 Å². The van der Waals surface area contributed by atoms with Crippen LogP contribution in [0.1, 0.15) is 16.2 Å². The normalized spacial score (nSPS) is 14.4. The van der Waals surface area contributed by atoms with Crippen LogP contribution in [0.25, 0.3) is 11.4 Å². The molecule has 0 atom stereocenters. The van der Waals surface area contributed by atoms with Gasteiger partial charge in [0.1, 0.15) is 17.1 Å². The maximum absolute atomic E-state index is 14.4. The van der Waals surface area contributed by atoms with Gasteiger partial charge >= 0.3 is 0 Å². The van der Waals surface area contributed by atoms with E-state index < -0.39 is 10.7 Å². The number of likely N-dealkylation sites (N-methyl/N-ethyl adjacent to an activating group) is 1. The van der Waals surface area contributed by atoms with Crippen LogP contribution in [0.3, 0.4) is 0 Å². The average Bonchev–Trinajstić information content (AvgIpc) is 3.13. The lowest BCUT2D eigenvalue weighted by molar-refractivity contribution is -0.385. The molecular formula is C21H23FN8O3. The predicted octanol–water partition coefficient (Wildman–Crippen LogP) is 2.36. The van der Waals surface area contributed by atoms with Crippen LogP contribution in [-0.2, 0) is 7.05 Å². The zero-order valence-electron chi connectivity index (χ0n) is 18.4. The molecule has 1 fully saturated rings. The van der Waals surface area contributed by atoms with Crippen molar-refractivity contribution in [3.63, 3.8) is 0 Å². The minimum atomic E-state index is -0.623. The maximum atomic E-state index is 14.4. The lowest BCUT2D eigenvalue weighted by Crippen LogP contribution is -2.47. The zero-order valence-corrected chi connectivity index (χ0v) is 18.4. The summed E-state index contributed by atoms with van der Waals surface area (Å²) in [6, 6.07) is 4.21. The second kappa shape index (κ2) is 8.90. The number of nitrogens with one attached hydrogen (secondary N) is 1. The van der Waals surface area contributed by atoms with E-state index in [1.807, 2.05) is 7.05 Å². The van der Waals surface area contributed by atoms with Crippen molar-refractivity contribution in [2.24, 2.45) is 7.05 Å². The van der Waals surface area contributed by atoms with Crippen molar-refractivity contribution < 1.29 is 14.1 Å². The average molecular weight is 454 g/mol. The van der Waals surface area contributed by atoms with Gasteiger partial charge in [0.05, 0.1) is 23.0 Å². The molecule has 3 heterocycles. The Labute approximate surface area is 189 Å². The van der Waals surface area contributed by atoms with Crippen molar-refractivity contribution in [1.29, 1.82) is 0 Å². The summed E-state index contributed by atoms with van der Waals surface area (Å²) in [5.41, 5.74) is 0.506. The Morgan fingerprint density at radius 3 is 2.52 bits per heavy atom. The Bertz CT molecular complexity index is 1220. The third-order valence-corrected chi connectivity index (χ3v) is 5.68. The molecule has 1 aliphatic rings. The highest BCUT2D eigenvalue weighted by Gasteiger charge is 2.27. The first kappa shape index (κ1) is 22.3. The van der Waals surface area contributed by atoms with Gasteiger partial charge in [-0.25, -0.2) is 19.3 Å². The van der Waals surface area contributed by atoms with E-state index in [9.17, 15) is 19.3 Å². The van der Waals surface area contributed by atoms with Crippen LogP contribution in [0.4, 0.5) is 21.7 Å². The molecule has 1 aliphatic heterocycles. The highest BCUT2D eigenvalue weighted by molar-refractivity contribution is 5.99. The second-order valence-electron chi connectivity index (χ2n) is 7.85. The van der Waals surface area contributed by atoms with E-state index in [1.54, 1.807) is 23.4 Å². The highest BCUT2D eigenvalue weighted by atomic mass is 19.1. The molecule has 4 rings (SSSR count). The highest BCUT2D eigenvalue weighted by Crippen LogP contribution is 2.28. The summed E-state index contributed by atoms with van der Waals surface area (Å²) in [7, 11) is 3.70. The minimum absolute atomic E-state index is 0.0150. The second-order valence-corrected chi connectivity index (χ2v) is 7.85. The summed E-state index contributed by atoms with van der Waals surface area (Å²) < 4.78 is 16.1. The van der Waals surface area contributed by atoms with Gasteiger partial charge in [-0.05, 0) is 26.1 Å². The number of imidazole rings is 1. The number of rotatable bonds is 5. The number of amides is 1. The maximum Gasteiger partial charge on any atom is 0.284 e. The molecule has 0 spiro atoms. The van der Waals surface area contributed by atoms with Crippen LogP contribution in [0.5, 0.6) is 0 Å². The molecule has 2 aromatic heterocycles. The third-order valence-electron chi connectivity index (χ3n) is 5.68. The molecule has 3 aromatic rings. The summed E-state index contributed by atoms with van der Waals surface area (Å²) in [5, 5.41) is 14.6. The summed E-state index contributed by atoms with van der Waals surface area (Å²) in [6.45, 7) is 4.21. The number of benzene rings is 1. The van der Waals surface area contributed by atoms with Gasteiger partial charge in [-0.15, -0.1) is 0 Å². The van der Waals surface area contributed by atoms with Crippen LogP contribution >= 0.6 is 0 Å². The summed E-state index contributed by atoms with van der Waals surface area (Å²) in [5.74, 6) is -0.262. The lowest BCUT2D eigenvalue weighted by Gasteiger charge is -2.32. The molecule has 1 N–H and O–H groups in total. The zero-order chi connectivity index (χ0) is 23.7. The Kier molecular flexibility index (Phi) is 6.01. The number of nitro benzene ring substituents is 1. The molecule has 0 saturated carbocycles. The minimum Gasteiger partial charge on any atom is -0.336 e. The van der Waals surface area contributed by atoms with Crippen molar-refractivity contribution in [3.8, 4) is 11.4 Å². The number of anilines is 2. The lowest BCUT2D eigenvalue weighted by atomic mass is 10.1. The standard InChI is InChI=1S/C21H23FN8O3/c1-13-23-12-18(28(13)3)19-16(22)11-24-21(26-19)25-14-4-5-15(17(10-14)30(32)33)20(31)29-8-6-27(2)7-9-29/h4-5,10-12H,6-9H2,1-3H3,(H,24,25,26). The number of aryl methyl sites for hydroxylation is 1. The van der Waals surface area contributed by atoms with Gasteiger partial charge in [-0.3, -0.25) is 14.9 Å². The molecule has 0 aliphatic carbocycles. The van der Waals surface area contributed by atoms with E-state index in [-0.39, 0.29) is 28.8 Å². The molecule has 0 radical (unpaired) electrons. The Hall–Kier alpha value is -3.93. The molecular weight excluding hydrogens is 431 g/mol. The molecule has 1 amide bonds. The van der Waals surface area contributed by atoms with Crippen molar-refractivity contribution in [3.05, 3.63) is 57.9 Å². The predicted molar refractivity (Wildman–Crippen MR) is 119 cm³/mol. The first-order chi connectivity index (χ1) is 15.7. The van der Waals surface area contributed by atoms with E-state index in [4.69, 9.17) is 0 Å². The van der Waals surface area contributed by atoms with Gasteiger partial charge in [0.2, 0.25) is 5.95 Å². The number of aromatic nitrogens is 4. The quantitative estimate of drug-likeness (QED) is 0.461. The largest absolute Gasteiger partial charge is 0.336 e. The topological polar surface area (TPSA) is 122 Å². The van der Waals surface area contributed by atoms with E-state index in [1.165, 1.54) is 24.4 Å². The number of hydrogen-bond acceptors (Lipinski definition) is 8. The summed E-state index contributed by atoms with van der Waals surface area (Å²) >= 11 is 0. The van der Waals surface area contributed by atoms with Crippen molar-refractivity contribution in [1.82, 2.24) is 29.3 Å². The number of hydrogen-bond donors (Lipinski definition) is 1. The van der Waals surface area contributed by atoms with E-state index in [2.05, 4.69) is 25.2 Å². The smallest absolute Gasteiger partial charge is 0.284 e. The van der Waals surface area contributed by atoms with Crippen molar-refractivity contribution >= 4 is 23.2 Å². The van der Waals surface area contributed by atoms with Crippen LogP contribution in [0.15, 0.2) is 30.6 Å². The molecule has 1 saturated heterocycles. The number of nitro groups is 1. The number of piperazine rings is 1. The van der Waals surface area contributed by atoms with Gasteiger partial charge in [-0.2, -0.15) is 0 Å². The number of halogens is 1.